The second-order valence-electron chi connectivity index (χ2n) is 6.08. The zero-order valence-corrected chi connectivity index (χ0v) is 14.4. The highest BCUT2D eigenvalue weighted by Gasteiger charge is 2.29. The van der Waals surface area contributed by atoms with Crippen molar-refractivity contribution in [3.63, 3.8) is 0 Å². The first-order valence-electron chi connectivity index (χ1n) is 8.53. The molecule has 1 aliphatic heterocycles. The van der Waals surface area contributed by atoms with E-state index < -0.39 is 24.6 Å². The van der Waals surface area contributed by atoms with Gasteiger partial charge in [0.25, 0.3) is 5.91 Å². The van der Waals surface area contributed by atoms with Gasteiger partial charge >= 0.3 is 5.97 Å². The van der Waals surface area contributed by atoms with Crippen LogP contribution in [0.15, 0.2) is 66.7 Å². The largest absolute Gasteiger partial charge is 0.485 e. The van der Waals surface area contributed by atoms with Crippen LogP contribution in [0.25, 0.3) is 10.8 Å². The number of para-hydroxylation sites is 2. The first kappa shape index (κ1) is 16.9. The van der Waals surface area contributed by atoms with Crippen LogP contribution >= 0.6 is 0 Å². The van der Waals surface area contributed by atoms with Gasteiger partial charge in [-0.2, -0.15) is 0 Å². The summed E-state index contributed by atoms with van der Waals surface area (Å²) in [5, 5.41) is 4.81. The summed E-state index contributed by atoms with van der Waals surface area (Å²) in [7, 11) is 0. The van der Waals surface area contributed by atoms with Crippen molar-refractivity contribution in [1.82, 2.24) is 0 Å². The van der Waals surface area contributed by atoms with Crippen molar-refractivity contribution < 1.29 is 23.8 Å². The Kier molecular flexibility index (Phi) is 4.61. The van der Waals surface area contributed by atoms with Gasteiger partial charge < -0.3 is 19.5 Å². The number of anilines is 1. The van der Waals surface area contributed by atoms with E-state index in [0.29, 0.717) is 17.2 Å². The summed E-state index contributed by atoms with van der Waals surface area (Å²) >= 11 is 0. The number of rotatable bonds is 4. The zero-order chi connectivity index (χ0) is 18.6. The average molecular weight is 363 g/mol. The number of carbonyl (C=O) groups excluding carboxylic acids is 2. The van der Waals surface area contributed by atoms with Crippen LogP contribution in [0.2, 0.25) is 0 Å². The predicted octanol–water partition coefficient (Wildman–Crippen LogP) is 3.16. The van der Waals surface area contributed by atoms with Crippen molar-refractivity contribution in [2.24, 2.45) is 0 Å². The molecule has 0 bridgehead atoms. The zero-order valence-electron chi connectivity index (χ0n) is 14.4. The van der Waals surface area contributed by atoms with Crippen molar-refractivity contribution in [2.45, 2.75) is 6.10 Å². The highest BCUT2D eigenvalue weighted by Crippen LogP contribution is 2.31. The van der Waals surface area contributed by atoms with Crippen LogP contribution < -0.4 is 14.8 Å². The fourth-order valence-corrected chi connectivity index (χ4v) is 2.83. The minimum absolute atomic E-state index is 0.0438. The number of hydrogen-bond donors (Lipinski definition) is 1. The fraction of sp³-hybridized carbons (Fsp3) is 0.143. The maximum absolute atomic E-state index is 12.1. The maximum atomic E-state index is 12.1. The normalized spacial score (nSPS) is 15.2. The molecule has 3 aromatic rings. The summed E-state index contributed by atoms with van der Waals surface area (Å²) in [5.41, 5.74) is 0.640. The lowest BCUT2D eigenvalue weighted by Crippen LogP contribution is -2.39. The molecule has 1 aliphatic rings. The van der Waals surface area contributed by atoms with Gasteiger partial charge in [0.1, 0.15) is 6.61 Å². The van der Waals surface area contributed by atoms with E-state index in [4.69, 9.17) is 14.2 Å². The van der Waals surface area contributed by atoms with Gasteiger partial charge in [-0.3, -0.25) is 4.79 Å². The average Bonchev–Trinajstić information content (AvgIpc) is 2.71. The first-order valence-corrected chi connectivity index (χ1v) is 8.53. The minimum Gasteiger partial charge on any atom is -0.485 e. The molecule has 1 N–H and O–H groups in total. The molecule has 1 atom stereocenters. The van der Waals surface area contributed by atoms with Crippen LogP contribution in [-0.4, -0.2) is 31.2 Å². The third kappa shape index (κ3) is 3.84. The fourth-order valence-electron chi connectivity index (χ4n) is 2.83. The minimum atomic E-state index is -0.895. The quantitative estimate of drug-likeness (QED) is 0.721. The Morgan fingerprint density at radius 1 is 0.963 bits per heavy atom. The van der Waals surface area contributed by atoms with Gasteiger partial charge in [0.15, 0.2) is 18.1 Å². The van der Waals surface area contributed by atoms with Gasteiger partial charge in [0, 0.05) is 5.69 Å². The SMILES string of the molecule is O=C(COC(=O)C1COc2ccccc2O1)Nc1ccc2ccccc2c1. The molecule has 0 radical (unpaired) electrons. The predicted molar refractivity (Wildman–Crippen MR) is 99.9 cm³/mol. The lowest BCUT2D eigenvalue weighted by atomic mass is 10.1. The van der Waals surface area contributed by atoms with E-state index in [-0.39, 0.29) is 6.61 Å². The second kappa shape index (κ2) is 7.37. The molecule has 4 rings (SSSR count). The van der Waals surface area contributed by atoms with Crippen LogP contribution in [0.1, 0.15) is 0 Å². The van der Waals surface area contributed by atoms with E-state index in [1.54, 1.807) is 24.3 Å². The van der Waals surface area contributed by atoms with Gasteiger partial charge in [-0.15, -0.1) is 0 Å². The number of benzene rings is 3. The molecule has 0 aromatic heterocycles. The van der Waals surface area contributed by atoms with Crippen LogP contribution in [0, 0.1) is 0 Å². The molecule has 0 spiro atoms. The monoisotopic (exact) mass is 363 g/mol. The van der Waals surface area contributed by atoms with Crippen molar-refractivity contribution >= 4 is 28.3 Å². The van der Waals surface area contributed by atoms with Crippen LogP contribution in [-0.2, 0) is 14.3 Å². The van der Waals surface area contributed by atoms with E-state index in [1.807, 2.05) is 42.5 Å². The van der Waals surface area contributed by atoms with Crippen molar-refractivity contribution in [1.29, 1.82) is 0 Å². The summed E-state index contributed by atoms with van der Waals surface area (Å²) in [6, 6.07) is 20.5. The lowest BCUT2D eigenvalue weighted by Gasteiger charge is -2.24. The molecule has 0 fully saturated rings. The number of nitrogens with one attached hydrogen (secondary N) is 1. The van der Waals surface area contributed by atoms with Crippen molar-refractivity contribution in [2.75, 3.05) is 18.5 Å². The number of carbonyl (C=O) groups is 2. The molecule has 3 aromatic carbocycles. The Morgan fingerprint density at radius 2 is 1.70 bits per heavy atom. The molecule has 0 saturated carbocycles. The summed E-state index contributed by atoms with van der Waals surface area (Å²) in [6.07, 6.45) is -0.895. The standard InChI is InChI=1S/C21H17NO5/c23-20(22-16-10-9-14-5-1-2-6-15(14)11-16)13-26-21(24)19-12-25-17-7-3-4-8-18(17)27-19/h1-11,19H,12-13H2,(H,22,23). The maximum Gasteiger partial charge on any atom is 0.351 e. The van der Waals surface area contributed by atoms with Gasteiger partial charge in [-0.1, -0.05) is 42.5 Å². The summed E-state index contributed by atoms with van der Waals surface area (Å²) in [4.78, 5) is 24.2. The van der Waals surface area contributed by atoms with Crippen LogP contribution in [0.5, 0.6) is 11.5 Å². The number of hydrogen-bond acceptors (Lipinski definition) is 5. The molecular formula is C21H17NO5. The van der Waals surface area contributed by atoms with Crippen LogP contribution in [0.3, 0.4) is 0 Å². The Bertz CT molecular complexity index is 1000. The molecule has 6 heteroatoms. The Labute approximate surface area is 155 Å². The van der Waals surface area contributed by atoms with E-state index in [9.17, 15) is 9.59 Å². The number of amides is 1. The topological polar surface area (TPSA) is 73.9 Å². The molecule has 6 nitrogen and oxygen atoms in total. The first-order chi connectivity index (χ1) is 13.2. The number of fused-ring (bicyclic) bond motifs is 2. The molecular weight excluding hydrogens is 346 g/mol. The van der Waals surface area contributed by atoms with Crippen molar-refractivity contribution in [3.8, 4) is 11.5 Å². The van der Waals surface area contributed by atoms with E-state index in [1.165, 1.54) is 0 Å². The number of ether oxygens (including phenoxy) is 3. The Hall–Kier alpha value is -3.54. The molecule has 27 heavy (non-hydrogen) atoms. The van der Waals surface area contributed by atoms with E-state index in [0.717, 1.165) is 10.8 Å². The molecule has 1 heterocycles. The highest BCUT2D eigenvalue weighted by molar-refractivity contribution is 5.95. The van der Waals surface area contributed by atoms with Gasteiger partial charge in [-0.05, 0) is 35.0 Å². The van der Waals surface area contributed by atoms with Gasteiger partial charge in [-0.25, -0.2) is 4.79 Å². The second-order valence-corrected chi connectivity index (χ2v) is 6.08. The molecule has 0 saturated heterocycles. The Morgan fingerprint density at radius 3 is 2.56 bits per heavy atom. The molecule has 1 amide bonds. The smallest absolute Gasteiger partial charge is 0.351 e. The molecule has 0 aliphatic carbocycles. The van der Waals surface area contributed by atoms with Gasteiger partial charge in [0.05, 0.1) is 0 Å². The Balaban J connectivity index is 1.31. The lowest BCUT2D eigenvalue weighted by molar-refractivity contribution is -0.156. The van der Waals surface area contributed by atoms with Crippen LogP contribution in [0.4, 0.5) is 5.69 Å². The van der Waals surface area contributed by atoms with Crippen molar-refractivity contribution in [3.05, 3.63) is 66.7 Å². The third-order valence-electron chi connectivity index (χ3n) is 4.15. The summed E-state index contributed by atoms with van der Waals surface area (Å²) in [6.45, 7) is -0.352. The summed E-state index contributed by atoms with van der Waals surface area (Å²) < 4.78 is 16.1. The molecule has 136 valence electrons. The summed E-state index contributed by atoms with van der Waals surface area (Å²) in [5.74, 6) is -0.00386. The number of esters is 1. The third-order valence-corrected chi connectivity index (χ3v) is 4.15. The van der Waals surface area contributed by atoms with E-state index >= 15 is 0 Å². The highest BCUT2D eigenvalue weighted by atomic mass is 16.6. The van der Waals surface area contributed by atoms with Gasteiger partial charge in [0.2, 0.25) is 6.10 Å². The van der Waals surface area contributed by atoms with E-state index in [2.05, 4.69) is 5.32 Å². The molecule has 1 unspecified atom stereocenters.